The SMILES string of the molecule is CN(Cc1ccc(-c2ccc3ncnc(Nc4ccc(OCc5cccc(F)c5)c(Cl)c4)c3c2)o1)P(C)(C)=O. The van der Waals surface area contributed by atoms with Crippen LogP contribution in [0.3, 0.4) is 0 Å². The van der Waals surface area contributed by atoms with Crippen LogP contribution in [0.5, 0.6) is 5.75 Å². The Morgan fingerprint density at radius 2 is 1.90 bits per heavy atom. The Hall–Kier alpha value is -3.71. The van der Waals surface area contributed by atoms with Crippen molar-refractivity contribution in [2.24, 2.45) is 0 Å². The molecule has 7 nitrogen and oxygen atoms in total. The Kier molecular flexibility index (Phi) is 7.71. The van der Waals surface area contributed by atoms with Crippen LogP contribution in [0, 0.1) is 5.82 Å². The smallest absolute Gasteiger partial charge is 0.144 e. The lowest BCUT2D eigenvalue weighted by Crippen LogP contribution is -2.12. The second-order valence-electron chi connectivity index (χ2n) is 9.52. The summed E-state index contributed by atoms with van der Waals surface area (Å²) in [6, 6.07) is 21.2. The average Bonchev–Trinajstić information content (AvgIpc) is 3.36. The first-order valence-corrected chi connectivity index (χ1v) is 15.1. The first kappa shape index (κ1) is 26.9. The van der Waals surface area contributed by atoms with Crippen LogP contribution in [-0.4, -0.2) is 35.0 Å². The van der Waals surface area contributed by atoms with Crippen molar-refractivity contribution < 1.29 is 18.1 Å². The van der Waals surface area contributed by atoms with Gasteiger partial charge in [0.15, 0.2) is 0 Å². The van der Waals surface area contributed by atoms with E-state index < -0.39 is 7.29 Å². The molecule has 0 saturated carbocycles. The number of furan rings is 1. The number of hydrogen-bond acceptors (Lipinski definition) is 6. The number of anilines is 2. The van der Waals surface area contributed by atoms with E-state index in [-0.39, 0.29) is 12.4 Å². The largest absolute Gasteiger partial charge is 0.487 e. The molecule has 0 bridgehead atoms. The van der Waals surface area contributed by atoms with E-state index in [0.717, 1.165) is 27.9 Å². The Morgan fingerprint density at radius 3 is 2.67 bits per heavy atom. The molecule has 0 amide bonds. The van der Waals surface area contributed by atoms with Gasteiger partial charge in [0.2, 0.25) is 0 Å². The van der Waals surface area contributed by atoms with E-state index in [1.54, 1.807) is 42.3 Å². The summed E-state index contributed by atoms with van der Waals surface area (Å²) >= 11 is 6.48. The molecule has 10 heteroatoms. The van der Waals surface area contributed by atoms with Crippen molar-refractivity contribution in [3.8, 4) is 17.1 Å². The molecule has 0 unspecified atom stereocenters. The van der Waals surface area contributed by atoms with Crippen molar-refractivity contribution in [3.63, 3.8) is 0 Å². The fourth-order valence-corrected chi connectivity index (χ4v) is 4.66. The van der Waals surface area contributed by atoms with E-state index in [2.05, 4.69) is 15.3 Å². The van der Waals surface area contributed by atoms with Crippen molar-refractivity contribution in [1.82, 2.24) is 14.6 Å². The Labute approximate surface area is 231 Å². The van der Waals surface area contributed by atoms with Gasteiger partial charge in [0, 0.05) is 30.0 Å². The lowest BCUT2D eigenvalue weighted by molar-refractivity contribution is 0.306. The number of nitrogens with one attached hydrogen (secondary N) is 1. The number of benzene rings is 3. The minimum absolute atomic E-state index is 0.199. The summed E-state index contributed by atoms with van der Waals surface area (Å²) in [7, 11) is -0.544. The summed E-state index contributed by atoms with van der Waals surface area (Å²) in [4.78, 5) is 8.83. The van der Waals surface area contributed by atoms with Gasteiger partial charge in [0.25, 0.3) is 0 Å². The molecule has 0 radical (unpaired) electrons. The zero-order valence-electron chi connectivity index (χ0n) is 21.7. The highest BCUT2D eigenvalue weighted by molar-refractivity contribution is 7.59. The summed E-state index contributed by atoms with van der Waals surface area (Å²) in [5, 5.41) is 4.53. The van der Waals surface area contributed by atoms with E-state index in [9.17, 15) is 8.96 Å². The molecule has 2 heterocycles. The number of rotatable bonds is 9. The predicted molar refractivity (Wildman–Crippen MR) is 154 cm³/mol. The number of ether oxygens (including phenoxy) is 1. The third-order valence-corrected chi connectivity index (χ3v) is 8.35. The van der Waals surface area contributed by atoms with Gasteiger partial charge in [-0.2, -0.15) is 0 Å². The van der Waals surface area contributed by atoms with Crippen LogP contribution < -0.4 is 10.1 Å². The molecule has 2 aromatic heterocycles. The molecule has 0 aliphatic heterocycles. The van der Waals surface area contributed by atoms with Crippen LogP contribution >= 0.6 is 18.9 Å². The van der Waals surface area contributed by atoms with Gasteiger partial charge in [-0.1, -0.05) is 23.7 Å². The monoisotopic (exact) mass is 564 g/mol. The number of hydrogen-bond donors (Lipinski definition) is 1. The zero-order chi connectivity index (χ0) is 27.6. The fraction of sp³-hybridized carbons (Fsp3) is 0.172. The van der Waals surface area contributed by atoms with Crippen LogP contribution in [0.15, 0.2) is 83.5 Å². The highest BCUT2D eigenvalue weighted by Gasteiger charge is 2.17. The summed E-state index contributed by atoms with van der Waals surface area (Å²) in [6.45, 7) is 4.12. The standard InChI is InChI=1S/C29H27ClFN4O3P/c1-35(39(2,3)36)16-23-9-12-27(38-23)20-7-10-26-24(14-20)29(33-18-32-26)34-22-8-11-28(25(30)15-22)37-17-19-5-4-6-21(31)13-19/h4-15,18H,16-17H2,1-3H3,(H,32,33,34). The second-order valence-corrected chi connectivity index (χ2v) is 13.2. The zero-order valence-corrected chi connectivity index (χ0v) is 23.3. The summed E-state index contributed by atoms with van der Waals surface area (Å²) in [6.07, 6.45) is 1.50. The molecule has 200 valence electrons. The van der Waals surface area contributed by atoms with Crippen LogP contribution in [0.4, 0.5) is 15.9 Å². The Morgan fingerprint density at radius 1 is 1.05 bits per heavy atom. The molecule has 1 N–H and O–H groups in total. The van der Waals surface area contributed by atoms with Gasteiger partial charge < -0.3 is 19.0 Å². The molecular weight excluding hydrogens is 538 g/mol. The molecule has 0 atom stereocenters. The van der Waals surface area contributed by atoms with Gasteiger partial charge in [-0.05, 0) is 73.3 Å². The third kappa shape index (κ3) is 6.48. The summed E-state index contributed by atoms with van der Waals surface area (Å²) < 4.78 is 39.4. The van der Waals surface area contributed by atoms with Gasteiger partial charge in [-0.3, -0.25) is 0 Å². The molecule has 39 heavy (non-hydrogen) atoms. The predicted octanol–water partition coefficient (Wildman–Crippen LogP) is 7.97. The molecular formula is C29H27ClFN4O3P. The Bertz CT molecular complexity index is 1690. The molecule has 3 aromatic carbocycles. The summed E-state index contributed by atoms with van der Waals surface area (Å²) in [5.41, 5.74) is 3.06. The molecule has 0 spiro atoms. The minimum atomic E-state index is -2.37. The lowest BCUT2D eigenvalue weighted by atomic mass is 10.1. The van der Waals surface area contributed by atoms with Gasteiger partial charge >= 0.3 is 0 Å². The molecule has 0 aliphatic rings. The lowest BCUT2D eigenvalue weighted by Gasteiger charge is -2.19. The van der Waals surface area contributed by atoms with Crippen LogP contribution in [0.2, 0.25) is 5.02 Å². The topological polar surface area (TPSA) is 80.5 Å². The molecule has 5 aromatic rings. The number of fused-ring (bicyclic) bond motifs is 1. The maximum Gasteiger partial charge on any atom is 0.144 e. The van der Waals surface area contributed by atoms with Gasteiger partial charge in [0.05, 0.1) is 17.1 Å². The van der Waals surface area contributed by atoms with E-state index in [0.29, 0.717) is 34.5 Å². The summed E-state index contributed by atoms with van der Waals surface area (Å²) in [5.74, 6) is 2.21. The maximum atomic E-state index is 13.4. The van der Waals surface area contributed by atoms with Gasteiger partial charge in [0.1, 0.15) is 49.1 Å². The quantitative estimate of drug-likeness (QED) is 0.182. The normalized spacial score (nSPS) is 11.7. The minimum Gasteiger partial charge on any atom is -0.487 e. The average molecular weight is 565 g/mol. The molecule has 0 fully saturated rings. The Balaban J connectivity index is 1.35. The van der Waals surface area contributed by atoms with Crippen LogP contribution in [-0.2, 0) is 17.7 Å². The molecule has 0 saturated heterocycles. The first-order valence-electron chi connectivity index (χ1n) is 12.2. The maximum absolute atomic E-state index is 13.4. The van der Waals surface area contributed by atoms with E-state index in [1.165, 1.54) is 18.5 Å². The number of aromatic nitrogens is 2. The van der Waals surface area contributed by atoms with Crippen molar-refractivity contribution in [2.45, 2.75) is 13.2 Å². The third-order valence-electron chi connectivity index (χ3n) is 6.27. The van der Waals surface area contributed by atoms with E-state index >= 15 is 0 Å². The first-order chi connectivity index (χ1) is 18.7. The van der Waals surface area contributed by atoms with Crippen molar-refractivity contribution in [3.05, 3.63) is 101 Å². The molecule has 0 aliphatic carbocycles. The van der Waals surface area contributed by atoms with Crippen LogP contribution in [0.25, 0.3) is 22.2 Å². The molecule has 5 rings (SSSR count). The van der Waals surface area contributed by atoms with Gasteiger partial charge in [-0.25, -0.2) is 19.0 Å². The van der Waals surface area contributed by atoms with Crippen molar-refractivity contribution in [1.29, 1.82) is 0 Å². The fourth-order valence-electron chi connectivity index (χ4n) is 3.94. The van der Waals surface area contributed by atoms with E-state index in [1.807, 2.05) is 43.4 Å². The van der Waals surface area contributed by atoms with Crippen molar-refractivity contribution in [2.75, 3.05) is 25.7 Å². The highest BCUT2D eigenvalue weighted by Crippen LogP contribution is 2.41. The number of halogens is 2. The van der Waals surface area contributed by atoms with Crippen molar-refractivity contribution >= 4 is 41.3 Å². The highest BCUT2D eigenvalue weighted by atomic mass is 35.5. The van der Waals surface area contributed by atoms with Gasteiger partial charge in [-0.15, -0.1) is 0 Å². The number of nitrogens with zero attached hydrogens (tertiary/aromatic N) is 3. The second kappa shape index (κ2) is 11.2. The van der Waals surface area contributed by atoms with E-state index in [4.69, 9.17) is 20.8 Å². The van der Waals surface area contributed by atoms with Crippen LogP contribution in [0.1, 0.15) is 11.3 Å².